The van der Waals surface area contributed by atoms with Gasteiger partial charge in [-0.1, -0.05) is 36.4 Å². The first-order chi connectivity index (χ1) is 17.9. The lowest BCUT2D eigenvalue weighted by molar-refractivity contribution is -0.384. The number of carbonyl (C=O) groups is 1. The second-order valence-electron chi connectivity index (χ2n) is 7.90. The summed E-state index contributed by atoms with van der Waals surface area (Å²) in [7, 11) is 1.48. The van der Waals surface area contributed by atoms with Crippen LogP contribution in [0.4, 0.5) is 11.4 Å². The monoisotopic (exact) mass is 557 g/mol. The molecule has 0 heterocycles. The molecule has 1 N–H and O–H groups in total. The molecule has 0 saturated carbocycles. The molecule has 1 amide bonds. The average Bonchev–Trinajstić information content (AvgIpc) is 2.91. The van der Waals surface area contributed by atoms with Crippen LogP contribution in [0, 0.1) is 21.4 Å². The molecule has 0 unspecified atom stereocenters. The highest BCUT2D eigenvalue weighted by Gasteiger charge is 2.15. The van der Waals surface area contributed by atoms with E-state index in [4.69, 9.17) is 9.47 Å². The van der Waals surface area contributed by atoms with Gasteiger partial charge in [0.2, 0.25) is 0 Å². The normalized spacial score (nSPS) is 11.0. The van der Waals surface area contributed by atoms with Crippen molar-refractivity contribution in [2.75, 3.05) is 12.4 Å². The zero-order chi connectivity index (χ0) is 26.4. The summed E-state index contributed by atoms with van der Waals surface area (Å²) in [6.45, 7) is 0.152. The lowest BCUT2D eigenvalue weighted by atomic mass is 10.1. The largest absolute Gasteiger partial charge is 0.493 e. The Kier molecular flexibility index (Phi) is 7.81. The smallest absolute Gasteiger partial charge is 0.269 e. The number of nitro benzene ring substituents is 1. The van der Waals surface area contributed by atoms with E-state index in [1.807, 2.05) is 42.5 Å². The van der Waals surface area contributed by atoms with Gasteiger partial charge in [0.15, 0.2) is 11.5 Å². The highest BCUT2D eigenvalue weighted by molar-refractivity contribution is 9.10. The Morgan fingerprint density at radius 1 is 1.11 bits per heavy atom. The van der Waals surface area contributed by atoms with Gasteiger partial charge in [0, 0.05) is 23.2 Å². The van der Waals surface area contributed by atoms with Crippen LogP contribution >= 0.6 is 15.9 Å². The van der Waals surface area contributed by atoms with Crippen molar-refractivity contribution in [1.82, 2.24) is 0 Å². The van der Waals surface area contributed by atoms with Crippen molar-refractivity contribution in [2.45, 2.75) is 6.61 Å². The highest BCUT2D eigenvalue weighted by atomic mass is 79.9. The first-order valence-electron chi connectivity index (χ1n) is 11.0. The van der Waals surface area contributed by atoms with E-state index in [-0.39, 0.29) is 17.9 Å². The molecule has 0 aliphatic heterocycles. The highest BCUT2D eigenvalue weighted by Crippen LogP contribution is 2.38. The number of non-ortho nitro benzene ring substituents is 1. The summed E-state index contributed by atoms with van der Waals surface area (Å²) < 4.78 is 11.9. The maximum Gasteiger partial charge on any atom is 0.269 e. The number of benzene rings is 4. The maximum absolute atomic E-state index is 12.9. The zero-order valence-corrected chi connectivity index (χ0v) is 21.2. The fraction of sp³-hybridized carbons (Fsp3) is 0.0714. The van der Waals surface area contributed by atoms with E-state index >= 15 is 0 Å². The van der Waals surface area contributed by atoms with Gasteiger partial charge in [0.1, 0.15) is 18.2 Å². The van der Waals surface area contributed by atoms with Gasteiger partial charge in [-0.25, -0.2) is 0 Å². The van der Waals surface area contributed by atoms with E-state index in [0.717, 1.165) is 16.3 Å². The molecule has 0 saturated heterocycles. The maximum atomic E-state index is 12.9. The number of nitro groups is 1. The number of fused-ring (bicyclic) bond motifs is 1. The third-order valence-corrected chi connectivity index (χ3v) is 6.09. The van der Waals surface area contributed by atoms with E-state index in [1.54, 1.807) is 30.3 Å². The van der Waals surface area contributed by atoms with Gasteiger partial charge >= 0.3 is 0 Å². The third kappa shape index (κ3) is 5.94. The number of rotatable bonds is 8. The molecular formula is C28H20BrN3O5. The topological polar surface area (TPSA) is 114 Å². The van der Waals surface area contributed by atoms with Crippen LogP contribution < -0.4 is 14.8 Å². The summed E-state index contributed by atoms with van der Waals surface area (Å²) in [5.74, 6) is 0.262. The third-order valence-electron chi connectivity index (χ3n) is 5.50. The summed E-state index contributed by atoms with van der Waals surface area (Å²) in [4.78, 5) is 23.3. The molecule has 8 nitrogen and oxygen atoms in total. The molecule has 0 fully saturated rings. The molecule has 37 heavy (non-hydrogen) atoms. The second kappa shape index (κ2) is 11.4. The van der Waals surface area contributed by atoms with Crippen LogP contribution in [0.15, 0.2) is 88.9 Å². The van der Waals surface area contributed by atoms with Crippen molar-refractivity contribution >= 4 is 50.1 Å². The van der Waals surface area contributed by atoms with Crippen molar-refractivity contribution in [2.24, 2.45) is 0 Å². The van der Waals surface area contributed by atoms with E-state index < -0.39 is 10.8 Å². The molecule has 9 heteroatoms. The molecule has 0 radical (unpaired) electrons. The van der Waals surface area contributed by atoms with Crippen molar-refractivity contribution in [3.8, 4) is 17.6 Å². The van der Waals surface area contributed by atoms with Crippen LogP contribution in [-0.2, 0) is 11.4 Å². The Hall–Kier alpha value is -4.68. The second-order valence-corrected chi connectivity index (χ2v) is 8.75. The average molecular weight is 558 g/mol. The molecule has 0 aliphatic carbocycles. The van der Waals surface area contributed by atoms with Crippen molar-refractivity contribution in [3.05, 3.63) is 110 Å². The first-order valence-corrected chi connectivity index (χ1v) is 11.8. The Labute approximate surface area is 221 Å². The molecule has 4 rings (SSSR count). The molecule has 0 bridgehead atoms. The summed E-state index contributed by atoms with van der Waals surface area (Å²) >= 11 is 3.47. The molecule has 4 aromatic rings. The Morgan fingerprint density at radius 2 is 1.84 bits per heavy atom. The van der Waals surface area contributed by atoms with Gasteiger partial charge in [-0.05, 0) is 68.9 Å². The standard InChI is InChI=1S/C28H20BrN3O5/c1-36-26-15-19(14-24(29)27(26)37-17-18-9-11-22(12-10-18)32(34)35)13-21(16-30)28(33)31-25-8-4-6-20-5-2-3-7-23(20)25/h2-15H,17H2,1H3,(H,31,33)/b21-13+. The quantitative estimate of drug-likeness (QED) is 0.112. The molecule has 0 aliphatic rings. The van der Waals surface area contributed by atoms with Gasteiger partial charge < -0.3 is 14.8 Å². The van der Waals surface area contributed by atoms with Gasteiger partial charge in [-0.15, -0.1) is 0 Å². The molecule has 0 atom stereocenters. The summed E-state index contributed by atoms with van der Waals surface area (Å²) in [5.41, 5.74) is 1.81. The summed E-state index contributed by atoms with van der Waals surface area (Å²) in [6.07, 6.45) is 1.47. The molecule has 0 spiro atoms. The fourth-order valence-corrected chi connectivity index (χ4v) is 4.25. The number of nitrogens with one attached hydrogen (secondary N) is 1. The van der Waals surface area contributed by atoms with Gasteiger partial charge in [-0.3, -0.25) is 14.9 Å². The minimum atomic E-state index is -0.535. The fourth-order valence-electron chi connectivity index (χ4n) is 3.67. The van der Waals surface area contributed by atoms with E-state index in [0.29, 0.717) is 27.2 Å². The number of hydrogen-bond acceptors (Lipinski definition) is 6. The van der Waals surface area contributed by atoms with Crippen LogP contribution in [0.25, 0.3) is 16.8 Å². The van der Waals surface area contributed by atoms with Crippen molar-refractivity contribution in [1.29, 1.82) is 5.26 Å². The Morgan fingerprint density at radius 3 is 2.54 bits per heavy atom. The number of nitriles is 1. The Balaban J connectivity index is 1.54. The van der Waals surface area contributed by atoms with Crippen molar-refractivity contribution < 1.29 is 19.2 Å². The molecule has 0 aromatic heterocycles. The van der Waals surface area contributed by atoms with E-state index in [1.165, 1.54) is 25.3 Å². The summed E-state index contributed by atoms with van der Waals surface area (Å²) in [5, 5.41) is 25.2. The zero-order valence-electron chi connectivity index (χ0n) is 19.6. The van der Waals surface area contributed by atoms with Crippen molar-refractivity contribution in [3.63, 3.8) is 0 Å². The molecule has 184 valence electrons. The lowest BCUT2D eigenvalue weighted by Crippen LogP contribution is -2.13. The van der Waals surface area contributed by atoms with Gasteiger partial charge in [-0.2, -0.15) is 5.26 Å². The predicted octanol–water partition coefficient (Wildman–Crippen LogP) is 6.64. The van der Waals surface area contributed by atoms with Crippen LogP contribution in [0.3, 0.4) is 0 Å². The number of ether oxygens (including phenoxy) is 2. The number of halogens is 1. The molecular weight excluding hydrogens is 538 g/mol. The molecule has 4 aromatic carbocycles. The van der Waals surface area contributed by atoms with E-state index in [9.17, 15) is 20.2 Å². The minimum absolute atomic E-state index is 0.00330. The van der Waals surface area contributed by atoms with Crippen LogP contribution in [-0.4, -0.2) is 17.9 Å². The number of nitrogens with zero attached hydrogens (tertiary/aromatic N) is 2. The summed E-state index contributed by atoms with van der Waals surface area (Å²) in [6, 6.07) is 24.6. The number of methoxy groups -OCH3 is 1. The number of amides is 1. The van der Waals surface area contributed by atoms with Crippen LogP contribution in [0.2, 0.25) is 0 Å². The van der Waals surface area contributed by atoms with E-state index in [2.05, 4.69) is 21.2 Å². The Bertz CT molecular complexity index is 1550. The minimum Gasteiger partial charge on any atom is -0.493 e. The van der Waals surface area contributed by atoms with Crippen LogP contribution in [0.1, 0.15) is 11.1 Å². The SMILES string of the molecule is COc1cc(/C=C(\C#N)C(=O)Nc2cccc3ccccc23)cc(Br)c1OCc1ccc([N+](=O)[O-])cc1. The first kappa shape index (κ1) is 25.4. The number of hydrogen-bond donors (Lipinski definition) is 1. The van der Waals surface area contributed by atoms with Gasteiger partial charge in [0.25, 0.3) is 11.6 Å². The van der Waals surface area contributed by atoms with Gasteiger partial charge in [0.05, 0.1) is 16.5 Å². The lowest BCUT2D eigenvalue weighted by Gasteiger charge is -2.14. The number of carbonyl (C=O) groups excluding carboxylic acids is 1. The van der Waals surface area contributed by atoms with Crippen LogP contribution in [0.5, 0.6) is 11.5 Å². The predicted molar refractivity (Wildman–Crippen MR) is 144 cm³/mol. The number of anilines is 1.